The summed E-state index contributed by atoms with van der Waals surface area (Å²) in [7, 11) is -2.92. The van der Waals surface area contributed by atoms with Gasteiger partial charge >= 0.3 is 0 Å². The van der Waals surface area contributed by atoms with Crippen molar-refractivity contribution in [2.45, 2.75) is 44.6 Å². The predicted octanol–water partition coefficient (Wildman–Crippen LogP) is 0.658. The number of nitrogens with two attached hydrogens (primary N) is 1. The minimum atomic E-state index is -2.92. The first-order valence-corrected chi connectivity index (χ1v) is 8.69. The molecule has 0 aliphatic heterocycles. The first-order valence-electron chi connectivity index (χ1n) is 6.63. The molecule has 2 aliphatic carbocycles. The summed E-state index contributed by atoms with van der Waals surface area (Å²) >= 11 is 0. The van der Waals surface area contributed by atoms with Gasteiger partial charge in [-0.1, -0.05) is 12.8 Å². The largest absolute Gasteiger partial charge is 0.370 e. The highest BCUT2D eigenvalue weighted by atomic mass is 32.2. The van der Waals surface area contributed by atoms with Crippen LogP contribution in [0.2, 0.25) is 0 Å². The molecule has 0 saturated heterocycles. The summed E-state index contributed by atoms with van der Waals surface area (Å²) in [6.45, 7) is 0.533. The van der Waals surface area contributed by atoms with Gasteiger partial charge in [0.25, 0.3) is 0 Å². The highest BCUT2D eigenvalue weighted by Crippen LogP contribution is 2.46. The molecule has 2 fully saturated rings. The van der Waals surface area contributed by atoms with Gasteiger partial charge in [0.15, 0.2) is 5.96 Å². The summed E-state index contributed by atoms with van der Waals surface area (Å²) in [6.07, 6.45) is 8.00. The van der Waals surface area contributed by atoms with Gasteiger partial charge in [-0.15, -0.1) is 0 Å². The number of guanidine groups is 1. The van der Waals surface area contributed by atoms with Crippen molar-refractivity contribution < 1.29 is 8.42 Å². The molecular weight excluding hydrogens is 250 g/mol. The van der Waals surface area contributed by atoms with Crippen molar-refractivity contribution >= 4 is 15.8 Å². The van der Waals surface area contributed by atoms with Crippen LogP contribution in [0.5, 0.6) is 0 Å². The minimum Gasteiger partial charge on any atom is -0.370 e. The maximum Gasteiger partial charge on any atom is 0.188 e. The number of hydrogen-bond donors (Lipinski definition) is 2. The monoisotopic (exact) mass is 273 g/mol. The molecule has 18 heavy (non-hydrogen) atoms. The lowest BCUT2D eigenvalue weighted by molar-refractivity contribution is 0.548. The standard InChI is InChI=1S/C12H23N3O2S/c1-18(16,17)9-12(6-7-12)8-14-11(13)15-10-4-2-3-5-10/h10H,2-9H2,1H3,(H3,13,14,15). The van der Waals surface area contributed by atoms with Crippen molar-refractivity contribution in [2.75, 3.05) is 18.6 Å². The Kier molecular flexibility index (Phi) is 3.84. The molecule has 3 N–H and O–H groups in total. The molecule has 104 valence electrons. The van der Waals surface area contributed by atoms with Gasteiger partial charge in [0.2, 0.25) is 0 Å². The van der Waals surface area contributed by atoms with Gasteiger partial charge in [0.05, 0.1) is 5.75 Å². The highest BCUT2D eigenvalue weighted by molar-refractivity contribution is 7.90. The van der Waals surface area contributed by atoms with Crippen molar-refractivity contribution in [1.82, 2.24) is 5.32 Å². The third-order valence-electron chi connectivity index (χ3n) is 3.82. The highest BCUT2D eigenvalue weighted by Gasteiger charge is 2.45. The molecule has 2 aliphatic rings. The summed E-state index contributed by atoms with van der Waals surface area (Å²) < 4.78 is 22.6. The second-order valence-corrected chi connectivity index (χ2v) is 8.04. The van der Waals surface area contributed by atoms with Crippen LogP contribution in [-0.4, -0.2) is 39.0 Å². The number of hydrogen-bond acceptors (Lipinski definition) is 3. The van der Waals surface area contributed by atoms with Crippen LogP contribution >= 0.6 is 0 Å². The Morgan fingerprint density at radius 2 is 2.00 bits per heavy atom. The van der Waals surface area contributed by atoms with E-state index in [1.807, 2.05) is 0 Å². The van der Waals surface area contributed by atoms with Gasteiger partial charge in [-0.25, -0.2) is 8.42 Å². The van der Waals surface area contributed by atoms with Gasteiger partial charge in [0, 0.05) is 24.3 Å². The minimum absolute atomic E-state index is 0.129. The van der Waals surface area contributed by atoms with Crippen LogP contribution in [0.15, 0.2) is 4.99 Å². The molecule has 2 rings (SSSR count). The maximum atomic E-state index is 11.3. The summed E-state index contributed by atoms with van der Waals surface area (Å²) in [5, 5.41) is 3.22. The van der Waals surface area contributed by atoms with Gasteiger partial charge in [-0.05, 0) is 25.7 Å². The lowest BCUT2D eigenvalue weighted by atomic mass is 10.1. The first kappa shape index (κ1) is 13.6. The summed E-state index contributed by atoms with van der Waals surface area (Å²) in [5.41, 5.74) is 5.71. The first-order chi connectivity index (χ1) is 8.39. The molecule has 6 heteroatoms. The van der Waals surface area contributed by atoms with Gasteiger partial charge in [0.1, 0.15) is 9.84 Å². The average molecular weight is 273 g/mol. The summed E-state index contributed by atoms with van der Waals surface area (Å²) in [4.78, 5) is 4.32. The molecule has 0 atom stereocenters. The van der Waals surface area contributed by atoms with Crippen LogP contribution in [0.4, 0.5) is 0 Å². The molecule has 0 unspecified atom stereocenters. The topological polar surface area (TPSA) is 84.5 Å². The predicted molar refractivity (Wildman–Crippen MR) is 73.3 cm³/mol. The fraction of sp³-hybridized carbons (Fsp3) is 0.917. The smallest absolute Gasteiger partial charge is 0.188 e. The lowest BCUT2D eigenvalue weighted by Gasteiger charge is -2.14. The lowest BCUT2D eigenvalue weighted by Crippen LogP contribution is -2.39. The fourth-order valence-electron chi connectivity index (χ4n) is 2.66. The van der Waals surface area contributed by atoms with Gasteiger partial charge in [-0.3, -0.25) is 4.99 Å². The molecule has 2 saturated carbocycles. The van der Waals surface area contributed by atoms with E-state index in [0.717, 1.165) is 25.7 Å². The van der Waals surface area contributed by atoms with E-state index >= 15 is 0 Å². The van der Waals surface area contributed by atoms with Gasteiger partial charge in [-0.2, -0.15) is 0 Å². The Bertz CT molecular complexity index is 421. The molecule has 0 heterocycles. The zero-order valence-corrected chi connectivity index (χ0v) is 11.8. The summed E-state index contributed by atoms with van der Waals surface area (Å²) in [6, 6.07) is 0.457. The SMILES string of the molecule is CS(=O)(=O)CC1(CN=C(N)NC2CCCC2)CC1. The number of nitrogens with one attached hydrogen (secondary N) is 1. The van der Waals surface area contributed by atoms with E-state index in [-0.39, 0.29) is 11.2 Å². The molecule has 0 spiro atoms. The zero-order chi connectivity index (χ0) is 13.2. The Hall–Kier alpha value is -0.780. The van der Waals surface area contributed by atoms with Crippen LogP contribution < -0.4 is 11.1 Å². The fourth-order valence-corrected chi connectivity index (χ4v) is 4.15. The Morgan fingerprint density at radius 1 is 1.39 bits per heavy atom. The molecule has 0 bridgehead atoms. The Morgan fingerprint density at radius 3 is 2.50 bits per heavy atom. The van der Waals surface area contributed by atoms with Crippen molar-refractivity contribution in [1.29, 1.82) is 0 Å². The molecular formula is C12H23N3O2S. The average Bonchev–Trinajstić information content (AvgIpc) is 2.79. The maximum absolute atomic E-state index is 11.3. The van der Waals surface area contributed by atoms with E-state index in [2.05, 4.69) is 10.3 Å². The number of aliphatic imine (C=N–C) groups is 1. The summed E-state index contributed by atoms with van der Waals surface area (Å²) in [5.74, 6) is 0.710. The van der Waals surface area contributed by atoms with E-state index < -0.39 is 9.84 Å². The third kappa shape index (κ3) is 4.15. The normalized spacial score (nSPS) is 24.2. The Labute approximate surface area is 109 Å². The van der Waals surface area contributed by atoms with Crippen LogP contribution in [-0.2, 0) is 9.84 Å². The molecule has 5 nitrogen and oxygen atoms in total. The third-order valence-corrected chi connectivity index (χ3v) is 4.95. The number of rotatable bonds is 5. The second kappa shape index (κ2) is 5.07. The number of sulfone groups is 1. The molecule has 0 radical (unpaired) electrons. The molecule has 0 aromatic rings. The van der Waals surface area contributed by atoms with E-state index in [1.54, 1.807) is 0 Å². The number of nitrogens with zero attached hydrogens (tertiary/aromatic N) is 1. The van der Waals surface area contributed by atoms with Crippen molar-refractivity contribution in [2.24, 2.45) is 16.1 Å². The van der Waals surface area contributed by atoms with Crippen LogP contribution in [0.3, 0.4) is 0 Å². The van der Waals surface area contributed by atoms with E-state index in [9.17, 15) is 8.42 Å². The van der Waals surface area contributed by atoms with Crippen molar-refractivity contribution in [3.05, 3.63) is 0 Å². The van der Waals surface area contributed by atoms with Crippen LogP contribution in [0.25, 0.3) is 0 Å². The molecule has 0 amide bonds. The van der Waals surface area contributed by atoms with Crippen molar-refractivity contribution in [3.63, 3.8) is 0 Å². The van der Waals surface area contributed by atoms with E-state index in [0.29, 0.717) is 18.5 Å². The van der Waals surface area contributed by atoms with E-state index in [4.69, 9.17) is 5.73 Å². The zero-order valence-electron chi connectivity index (χ0n) is 11.0. The quantitative estimate of drug-likeness (QED) is 0.569. The Balaban J connectivity index is 1.82. The van der Waals surface area contributed by atoms with Crippen LogP contribution in [0.1, 0.15) is 38.5 Å². The van der Waals surface area contributed by atoms with Gasteiger partial charge < -0.3 is 11.1 Å². The van der Waals surface area contributed by atoms with Crippen molar-refractivity contribution in [3.8, 4) is 0 Å². The van der Waals surface area contributed by atoms with E-state index in [1.165, 1.54) is 19.1 Å². The molecule has 0 aromatic carbocycles. The van der Waals surface area contributed by atoms with Crippen LogP contribution in [0, 0.1) is 5.41 Å². The second-order valence-electron chi connectivity index (χ2n) is 5.90. The molecule has 0 aromatic heterocycles.